The van der Waals surface area contributed by atoms with Crippen molar-refractivity contribution in [1.82, 2.24) is 19.2 Å². The van der Waals surface area contributed by atoms with Crippen LogP contribution in [0.3, 0.4) is 0 Å². The molecule has 1 atom stereocenters. The molecule has 0 saturated carbocycles. The van der Waals surface area contributed by atoms with E-state index in [0.29, 0.717) is 17.6 Å². The van der Waals surface area contributed by atoms with Gasteiger partial charge in [0, 0.05) is 20.6 Å². The van der Waals surface area contributed by atoms with Gasteiger partial charge >= 0.3 is 5.69 Å². The fourth-order valence-electron chi connectivity index (χ4n) is 3.37. The Labute approximate surface area is 185 Å². The number of fused-ring (bicyclic) bond motifs is 1. The summed E-state index contributed by atoms with van der Waals surface area (Å²) in [5, 5.41) is 2.84. The summed E-state index contributed by atoms with van der Waals surface area (Å²) in [6.45, 7) is 2.42. The lowest BCUT2D eigenvalue weighted by atomic mass is 10.1. The first-order valence-electron chi connectivity index (χ1n) is 10.2. The molecule has 0 saturated heterocycles. The number of amides is 1. The van der Waals surface area contributed by atoms with E-state index in [4.69, 9.17) is 0 Å². The Balaban J connectivity index is 2.03. The van der Waals surface area contributed by atoms with Crippen molar-refractivity contribution < 1.29 is 13.2 Å². The van der Waals surface area contributed by atoms with Crippen molar-refractivity contribution in [3.05, 3.63) is 74.9 Å². The van der Waals surface area contributed by atoms with Crippen molar-refractivity contribution in [2.45, 2.75) is 30.7 Å². The van der Waals surface area contributed by atoms with Gasteiger partial charge in [-0.15, -0.1) is 0 Å². The normalized spacial score (nSPS) is 12.6. The van der Waals surface area contributed by atoms with Gasteiger partial charge in [-0.05, 0) is 30.2 Å². The van der Waals surface area contributed by atoms with Gasteiger partial charge in [0.05, 0.1) is 15.8 Å². The number of unbranched alkanes of at least 4 members (excludes halogenated alkanes) is 1. The highest BCUT2D eigenvalue weighted by Gasteiger charge is 2.27. The van der Waals surface area contributed by atoms with E-state index in [9.17, 15) is 22.8 Å². The molecule has 0 fully saturated rings. The molecule has 0 spiro atoms. The van der Waals surface area contributed by atoms with E-state index >= 15 is 0 Å². The molecule has 1 amide bonds. The molecule has 3 aromatic rings. The third kappa shape index (κ3) is 4.66. The van der Waals surface area contributed by atoms with Crippen molar-refractivity contribution in [1.29, 1.82) is 0 Å². The first-order valence-corrected chi connectivity index (χ1v) is 11.7. The molecule has 2 aromatic carbocycles. The van der Waals surface area contributed by atoms with Crippen LogP contribution in [0.25, 0.3) is 10.9 Å². The average molecular weight is 459 g/mol. The van der Waals surface area contributed by atoms with Gasteiger partial charge in [0.1, 0.15) is 6.04 Å². The van der Waals surface area contributed by atoms with E-state index in [1.807, 2.05) is 6.92 Å². The Hall–Kier alpha value is -3.24. The summed E-state index contributed by atoms with van der Waals surface area (Å²) in [5.41, 5.74) is -0.306. The second kappa shape index (κ2) is 9.49. The standard InChI is InChI=1S/C22H26N4O5S/c1-4-5-13-23-20(27)19(15-9-7-6-8-10-15)24-32(30,31)16-11-12-18-17(14-16)21(28)26(3)22(29)25(18)2/h6-12,14,19,24H,4-5,13H2,1-3H3,(H,23,27)/t19-/m0/s1. The van der Waals surface area contributed by atoms with Gasteiger partial charge in [-0.25, -0.2) is 13.2 Å². The molecule has 0 aliphatic carbocycles. The number of carbonyl (C=O) groups excluding carboxylic acids is 1. The van der Waals surface area contributed by atoms with Crippen LogP contribution in [0.2, 0.25) is 0 Å². The van der Waals surface area contributed by atoms with Crippen LogP contribution in [0, 0.1) is 0 Å². The molecule has 0 unspecified atom stereocenters. The minimum absolute atomic E-state index is 0.0844. The quantitative estimate of drug-likeness (QED) is 0.491. The fourth-order valence-corrected chi connectivity index (χ4v) is 4.58. The predicted octanol–water partition coefficient (Wildman–Crippen LogP) is 1.17. The highest BCUT2D eigenvalue weighted by molar-refractivity contribution is 7.89. The maximum absolute atomic E-state index is 13.2. The molecular formula is C22H26N4O5S. The number of rotatable bonds is 8. The molecule has 0 radical (unpaired) electrons. The number of carbonyl (C=O) groups is 1. The van der Waals surface area contributed by atoms with Gasteiger partial charge < -0.3 is 5.32 Å². The van der Waals surface area contributed by atoms with E-state index in [1.54, 1.807) is 30.3 Å². The van der Waals surface area contributed by atoms with Crippen LogP contribution in [-0.4, -0.2) is 30.0 Å². The van der Waals surface area contributed by atoms with Gasteiger partial charge in [0.25, 0.3) is 5.56 Å². The van der Waals surface area contributed by atoms with Crippen LogP contribution < -0.4 is 21.3 Å². The van der Waals surface area contributed by atoms with E-state index in [-0.39, 0.29) is 10.3 Å². The molecule has 10 heteroatoms. The largest absolute Gasteiger partial charge is 0.354 e. The number of benzene rings is 2. The van der Waals surface area contributed by atoms with Gasteiger partial charge in [-0.3, -0.25) is 18.7 Å². The second-order valence-corrected chi connectivity index (χ2v) is 9.21. The number of nitrogens with one attached hydrogen (secondary N) is 2. The number of sulfonamides is 1. The summed E-state index contributed by atoms with van der Waals surface area (Å²) >= 11 is 0. The molecule has 9 nitrogen and oxygen atoms in total. The minimum atomic E-state index is -4.17. The van der Waals surface area contributed by atoms with Crippen molar-refractivity contribution in [3.8, 4) is 0 Å². The zero-order valence-corrected chi connectivity index (χ0v) is 19.0. The predicted molar refractivity (Wildman–Crippen MR) is 122 cm³/mol. The molecule has 1 aromatic heterocycles. The Kier molecular flexibility index (Phi) is 6.95. The van der Waals surface area contributed by atoms with E-state index in [1.165, 1.54) is 36.9 Å². The van der Waals surface area contributed by atoms with Crippen LogP contribution >= 0.6 is 0 Å². The van der Waals surface area contributed by atoms with E-state index in [2.05, 4.69) is 10.0 Å². The summed E-state index contributed by atoms with van der Waals surface area (Å²) in [7, 11) is -1.34. The minimum Gasteiger partial charge on any atom is -0.354 e. The van der Waals surface area contributed by atoms with Crippen molar-refractivity contribution >= 4 is 26.8 Å². The summed E-state index contributed by atoms with van der Waals surface area (Å²) in [5.74, 6) is -0.465. The van der Waals surface area contributed by atoms with Gasteiger partial charge in [-0.2, -0.15) is 4.72 Å². The lowest BCUT2D eigenvalue weighted by Crippen LogP contribution is -2.41. The lowest BCUT2D eigenvalue weighted by molar-refractivity contribution is -0.122. The monoisotopic (exact) mass is 458 g/mol. The summed E-state index contributed by atoms with van der Waals surface area (Å²) in [6.07, 6.45) is 1.66. The molecule has 0 aliphatic rings. The van der Waals surface area contributed by atoms with Gasteiger partial charge in [0.15, 0.2) is 0 Å². The third-order valence-electron chi connectivity index (χ3n) is 5.25. The van der Waals surface area contributed by atoms with E-state index < -0.39 is 33.2 Å². The smallest absolute Gasteiger partial charge is 0.330 e. The number of hydrogen-bond acceptors (Lipinski definition) is 5. The summed E-state index contributed by atoms with van der Waals surface area (Å²) < 4.78 is 31.0. The Bertz CT molecular complexity index is 1360. The molecule has 0 bridgehead atoms. The van der Waals surface area contributed by atoms with Crippen molar-refractivity contribution in [2.24, 2.45) is 14.1 Å². The summed E-state index contributed by atoms with van der Waals surface area (Å²) in [4.78, 5) is 37.3. The van der Waals surface area contributed by atoms with Crippen LogP contribution in [0.15, 0.2) is 63.0 Å². The summed E-state index contributed by atoms with van der Waals surface area (Å²) in [6, 6.07) is 11.3. The Morgan fingerprint density at radius 2 is 1.72 bits per heavy atom. The second-order valence-electron chi connectivity index (χ2n) is 7.49. The molecular weight excluding hydrogens is 432 g/mol. The zero-order valence-electron chi connectivity index (χ0n) is 18.2. The SMILES string of the molecule is CCCCNC(=O)[C@@H](NS(=O)(=O)c1ccc2c(c1)c(=O)n(C)c(=O)n2C)c1ccccc1. The molecule has 170 valence electrons. The van der Waals surface area contributed by atoms with Crippen LogP contribution in [0.1, 0.15) is 31.4 Å². The Morgan fingerprint density at radius 3 is 2.38 bits per heavy atom. The zero-order chi connectivity index (χ0) is 23.5. The first-order chi connectivity index (χ1) is 15.2. The molecule has 2 N–H and O–H groups in total. The Morgan fingerprint density at radius 1 is 1.03 bits per heavy atom. The van der Waals surface area contributed by atoms with Gasteiger partial charge in [-0.1, -0.05) is 43.7 Å². The average Bonchev–Trinajstić information content (AvgIpc) is 2.80. The third-order valence-corrected chi connectivity index (χ3v) is 6.67. The van der Waals surface area contributed by atoms with Crippen LogP contribution in [-0.2, 0) is 28.9 Å². The molecule has 3 rings (SSSR count). The molecule has 32 heavy (non-hydrogen) atoms. The number of nitrogens with zero attached hydrogens (tertiary/aromatic N) is 2. The maximum atomic E-state index is 13.2. The highest BCUT2D eigenvalue weighted by atomic mass is 32.2. The van der Waals surface area contributed by atoms with Crippen molar-refractivity contribution in [3.63, 3.8) is 0 Å². The fraction of sp³-hybridized carbons (Fsp3) is 0.318. The van der Waals surface area contributed by atoms with E-state index in [0.717, 1.165) is 17.4 Å². The molecule has 1 heterocycles. The maximum Gasteiger partial charge on any atom is 0.330 e. The lowest BCUT2D eigenvalue weighted by Gasteiger charge is -2.19. The van der Waals surface area contributed by atoms with Crippen LogP contribution in [0.4, 0.5) is 0 Å². The van der Waals surface area contributed by atoms with Crippen LogP contribution in [0.5, 0.6) is 0 Å². The number of hydrogen-bond donors (Lipinski definition) is 2. The number of aromatic nitrogens is 2. The topological polar surface area (TPSA) is 119 Å². The van der Waals surface area contributed by atoms with Gasteiger partial charge in [0.2, 0.25) is 15.9 Å². The molecule has 0 aliphatic heterocycles. The first kappa shape index (κ1) is 23.4. The van der Waals surface area contributed by atoms with Crippen molar-refractivity contribution in [2.75, 3.05) is 6.54 Å². The number of aryl methyl sites for hydroxylation is 1. The highest BCUT2D eigenvalue weighted by Crippen LogP contribution is 2.20.